The van der Waals surface area contributed by atoms with Crippen LogP contribution in [0.1, 0.15) is 24.8 Å². The molecule has 4 heterocycles. The van der Waals surface area contributed by atoms with Crippen LogP contribution in [0, 0.1) is 11.3 Å². The summed E-state index contributed by atoms with van der Waals surface area (Å²) in [4.78, 5) is 14.9. The lowest BCUT2D eigenvalue weighted by atomic mass is 9.66. The molecular formula is C20H26N4O2. The number of pyridine rings is 1. The van der Waals surface area contributed by atoms with Gasteiger partial charge < -0.3 is 9.47 Å². The van der Waals surface area contributed by atoms with E-state index in [1.54, 1.807) is 18.6 Å². The lowest BCUT2D eigenvalue weighted by Gasteiger charge is -2.48. The van der Waals surface area contributed by atoms with Crippen molar-refractivity contribution in [2.24, 2.45) is 11.3 Å². The number of aromatic nitrogens is 3. The second kappa shape index (κ2) is 8.10. The Hall–Kier alpha value is -2.05. The molecule has 4 rings (SSSR count). The summed E-state index contributed by atoms with van der Waals surface area (Å²) in [5, 5.41) is 0. The van der Waals surface area contributed by atoms with E-state index < -0.39 is 0 Å². The Labute approximate surface area is 154 Å². The van der Waals surface area contributed by atoms with E-state index in [0.717, 1.165) is 39.3 Å². The van der Waals surface area contributed by atoms with Gasteiger partial charge in [0.2, 0.25) is 5.88 Å². The van der Waals surface area contributed by atoms with Crippen LogP contribution in [0.25, 0.3) is 0 Å². The molecule has 1 unspecified atom stereocenters. The number of likely N-dealkylation sites (tertiary alicyclic amines) is 1. The lowest BCUT2D eigenvalue weighted by Crippen LogP contribution is -2.49. The fourth-order valence-electron chi connectivity index (χ4n) is 4.21. The number of hydrogen-bond donors (Lipinski definition) is 0. The molecule has 0 aliphatic carbocycles. The van der Waals surface area contributed by atoms with E-state index in [2.05, 4.69) is 32.0 Å². The van der Waals surface area contributed by atoms with Gasteiger partial charge in [-0.05, 0) is 55.5 Å². The van der Waals surface area contributed by atoms with Crippen molar-refractivity contribution in [2.45, 2.75) is 25.8 Å². The van der Waals surface area contributed by atoms with Crippen LogP contribution in [-0.4, -0.2) is 52.8 Å². The molecule has 1 spiro atoms. The molecule has 0 amide bonds. The number of piperidine rings is 1. The van der Waals surface area contributed by atoms with E-state index in [-0.39, 0.29) is 0 Å². The van der Waals surface area contributed by atoms with E-state index in [1.807, 2.05) is 12.4 Å². The summed E-state index contributed by atoms with van der Waals surface area (Å²) in [5.74, 6) is 1.02. The molecular weight excluding hydrogens is 328 g/mol. The molecule has 1 atom stereocenters. The van der Waals surface area contributed by atoms with Crippen molar-refractivity contribution in [3.05, 3.63) is 48.7 Å². The third-order valence-electron chi connectivity index (χ3n) is 5.91. The van der Waals surface area contributed by atoms with Crippen molar-refractivity contribution in [1.82, 2.24) is 19.9 Å². The minimum absolute atomic E-state index is 0.329. The van der Waals surface area contributed by atoms with Crippen LogP contribution in [0.3, 0.4) is 0 Å². The lowest BCUT2D eigenvalue weighted by molar-refractivity contribution is -0.0867. The van der Waals surface area contributed by atoms with Gasteiger partial charge in [-0.2, -0.15) is 0 Å². The average Bonchev–Trinajstić information content (AvgIpc) is 2.71. The minimum atomic E-state index is 0.329. The highest BCUT2D eigenvalue weighted by atomic mass is 16.5. The second-order valence-electron chi connectivity index (χ2n) is 7.37. The summed E-state index contributed by atoms with van der Waals surface area (Å²) in [6, 6.07) is 4.22. The van der Waals surface area contributed by atoms with Gasteiger partial charge in [-0.3, -0.25) is 14.9 Å². The van der Waals surface area contributed by atoms with Gasteiger partial charge in [-0.1, -0.05) is 0 Å². The zero-order valence-corrected chi connectivity index (χ0v) is 15.1. The Balaban J connectivity index is 1.35. The third-order valence-corrected chi connectivity index (χ3v) is 5.91. The number of hydrogen-bond acceptors (Lipinski definition) is 6. The predicted octanol–water partition coefficient (Wildman–Crippen LogP) is 2.57. The van der Waals surface area contributed by atoms with E-state index in [1.165, 1.54) is 18.4 Å². The van der Waals surface area contributed by atoms with Crippen LogP contribution < -0.4 is 4.74 Å². The van der Waals surface area contributed by atoms with Crippen molar-refractivity contribution >= 4 is 0 Å². The zero-order valence-electron chi connectivity index (χ0n) is 15.1. The van der Waals surface area contributed by atoms with Crippen LogP contribution in [0.4, 0.5) is 0 Å². The van der Waals surface area contributed by atoms with Gasteiger partial charge in [0, 0.05) is 43.9 Å². The van der Waals surface area contributed by atoms with Crippen molar-refractivity contribution in [1.29, 1.82) is 0 Å². The fourth-order valence-corrected chi connectivity index (χ4v) is 4.21. The molecule has 0 aromatic carbocycles. The topological polar surface area (TPSA) is 60.4 Å². The normalized spacial score (nSPS) is 23.0. The van der Waals surface area contributed by atoms with Gasteiger partial charge >= 0.3 is 0 Å². The third kappa shape index (κ3) is 4.02. The Bertz CT molecular complexity index is 675. The molecule has 6 heteroatoms. The molecule has 0 radical (unpaired) electrons. The number of nitrogens with zero attached hydrogens (tertiary/aromatic N) is 4. The van der Waals surface area contributed by atoms with Crippen LogP contribution in [0.2, 0.25) is 0 Å². The summed E-state index contributed by atoms with van der Waals surface area (Å²) < 4.78 is 11.7. The van der Waals surface area contributed by atoms with Crippen LogP contribution in [-0.2, 0) is 11.3 Å². The Morgan fingerprint density at radius 2 is 1.92 bits per heavy atom. The van der Waals surface area contributed by atoms with Crippen LogP contribution in [0.15, 0.2) is 43.1 Å². The highest BCUT2D eigenvalue weighted by Gasteiger charge is 2.43. The summed E-state index contributed by atoms with van der Waals surface area (Å²) in [7, 11) is 0. The highest BCUT2D eigenvalue weighted by molar-refractivity contribution is 5.10. The van der Waals surface area contributed by atoms with Gasteiger partial charge in [0.1, 0.15) is 0 Å². The zero-order chi connectivity index (χ0) is 17.7. The molecule has 0 saturated carbocycles. The summed E-state index contributed by atoms with van der Waals surface area (Å²) in [5.41, 5.74) is 1.67. The molecule has 2 aliphatic heterocycles. The molecule has 26 heavy (non-hydrogen) atoms. The Morgan fingerprint density at radius 3 is 2.69 bits per heavy atom. The van der Waals surface area contributed by atoms with Crippen molar-refractivity contribution in [3.8, 4) is 5.88 Å². The van der Waals surface area contributed by atoms with Gasteiger partial charge in [0.25, 0.3) is 0 Å². The Kier molecular flexibility index (Phi) is 5.41. The van der Waals surface area contributed by atoms with Crippen LogP contribution >= 0.6 is 0 Å². The monoisotopic (exact) mass is 354 g/mol. The van der Waals surface area contributed by atoms with E-state index in [0.29, 0.717) is 23.8 Å². The van der Waals surface area contributed by atoms with E-state index in [4.69, 9.17) is 9.47 Å². The maximum Gasteiger partial charge on any atom is 0.232 e. The SMILES string of the molecule is c1cc(CN2CCC3(CCOCC3COc3cnccn3)CC2)ccn1. The first-order valence-electron chi connectivity index (χ1n) is 9.42. The highest BCUT2D eigenvalue weighted by Crippen LogP contribution is 2.45. The van der Waals surface area contributed by atoms with Crippen molar-refractivity contribution < 1.29 is 9.47 Å². The number of rotatable bonds is 5. The average molecular weight is 354 g/mol. The molecule has 2 aromatic heterocycles. The standard InChI is InChI=1S/C20H26N4O2/c1-6-21-7-2-17(1)14-24-10-3-20(4-11-24)5-12-25-15-18(20)16-26-19-13-22-8-9-23-19/h1-2,6-9,13,18H,3-5,10-12,14-16H2. The second-order valence-corrected chi connectivity index (χ2v) is 7.37. The summed E-state index contributed by atoms with van der Waals surface area (Å²) in [6.45, 7) is 5.57. The molecule has 138 valence electrons. The first-order valence-corrected chi connectivity index (χ1v) is 9.42. The van der Waals surface area contributed by atoms with Gasteiger partial charge in [0.15, 0.2) is 0 Å². The summed E-state index contributed by atoms with van der Waals surface area (Å²) in [6.07, 6.45) is 12.3. The summed E-state index contributed by atoms with van der Waals surface area (Å²) >= 11 is 0. The number of ether oxygens (including phenoxy) is 2. The predicted molar refractivity (Wildman–Crippen MR) is 97.6 cm³/mol. The van der Waals surface area contributed by atoms with Crippen molar-refractivity contribution in [3.63, 3.8) is 0 Å². The molecule has 2 aliphatic rings. The quantitative estimate of drug-likeness (QED) is 0.822. The van der Waals surface area contributed by atoms with Gasteiger partial charge in [-0.25, -0.2) is 4.98 Å². The minimum Gasteiger partial charge on any atom is -0.476 e. The molecule has 0 bridgehead atoms. The Morgan fingerprint density at radius 1 is 1.08 bits per heavy atom. The molecule has 2 aromatic rings. The maximum absolute atomic E-state index is 5.92. The van der Waals surface area contributed by atoms with Crippen molar-refractivity contribution in [2.75, 3.05) is 32.9 Å². The van der Waals surface area contributed by atoms with Gasteiger partial charge in [-0.15, -0.1) is 0 Å². The molecule has 2 saturated heterocycles. The van der Waals surface area contributed by atoms with E-state index >= 15 is 0 Å². The van der Waals surface area contributed by atoms with Gasteiger partial charge in [0.05, 0.1) is 19.4 Å². The molecule has 6 nitrogen and oxygen atoms in total. The molecule has 2 fully saturated rings. The smallest absolute Gasteiger partial charge is 0.232 e. The van der Waals surface area contributed by atoms with Crippen LogP contribution in [0.5, 0.6) is 5.88 Å². The fraction of sp³-hybridized carbons (Fsp3) is 0.550. The van der Waals surface area contributed by atoms with E-state index in [9.17, 15) is 0 Å². The molecule has 0 N–H and O–H groups in total. The first kappa shape index (κ1) is 17.4. The maximum atomic E-state index is 5.92. The largest absolute Gasteiger partial charge is 0.476 e. The first-order chi connectivity index (χ1) is 12.8.